The van der Waals surface area contributed by atoms with Crippen LogP contribution >= 0.6 is 22.6 Å². The molecule has 0 spiro atoms. The monoisotopic (exact) mass is 282 g/mol. The standard InChI is InChI=1S/C10H19IO/c1-3-4-5-9(11)10-7-6-8(2)12-10/h8-10H,3-7H2,1-2H3/t8-,9-,10-/m0/s1. The lowest BCUT2D eigenvalue weighted by atomic mass is 10.1. The van der Waals surface area contributed by atoms with E-state index in [9.17, 15) is 0 Å². The molecule has 2 heteroatoms. The van der Waals surface area contributed by atoms with Crippen molar-refractivity contribution < 1.29 is 4.74 Å². The van der Waals surface area contributed by atoms with Crippen LogP contribution in [0.2, 0.25) is 0 Å². The topological polar surface area (TPSA) is 9.23 Å². The van der Waals surface area contributed by atoms with Crippen molar-refractivity contribution in [2.75, 3.05) is 0 Å². The van der Waals surface area contributed by atoms with Crippen molar-refractivity contribution in [3.63, 3.8) is 0 Å². The lowest BCUT2D eigenvalue weighted by molar-refractivity contribution is 0.0558. The summed E-state index contributed by atoms with van der Waals surface area (Å²) in [6.45, 7) is 4.44. The first kappa shape index (κ1) is 10.8. The zero-order chi connectivity index (χ0) is 8.97. The second-order valence-corrected chi connectivity index (χ2v) is 5.32. The largest absolute Gasteiger partial charge is 0.374 e. The minimum absolute atomic E-state index is 0.508. The molecule has 1 rings (SSSR count). The fraction of sp³-hybridized carbons (Fsp3) is 1.00. The molecule has 1 aliphatic rings. The van der Waals surface area contributed by atoms with E-state index in [1.54, 1.807) is 0 Å². The van der Waals surface area contributed by atoms with Crippen LogP contribution in [0.25, 0.3) is 0 Å². The summed E-state index contributed by atoms with van der Waals surface area (Å²) in [4.78, 5) is 0. The number of hydrogen-bond donors (Lipinski definition) is 0. The Kier molecular flexibility index (Phi) is 4.87. The van der Waals surface area contributed by atoms with Crippen LogP contribution in [0.4, 0.5) is 0 Å². The van der Waals surface area contributed by atoms with E-state index in [-0.39, 0.29) is 0 Å². The Morgan fingerprint density at radius 3 is 2.75 bits per heavy atom. The third-order valence-corrected chi connectivity index (χ3v) is 3.93. The third kappa shape index (κ3) is 3.21. The second kappa shape index (κ2) is 5.43. The van der Waals surface area contributed by atoms with E-state index in [2.05, 4.69) is 36.4 Å². The van der Waals surface area contributed by atoms with E-state index in [1.165, 1.54) is 32.1 Å². The molecule has 0 N–H and O–H groups in total. The van der Waals surface area contributed by atoms with Gasteiger partial charge in [0.1, 0.15) is 0 Å². The van der Waals surface area contributed by atoms with E-state index in [0.717, 1.165) is 3.92 Å². The van der Waals surface area contributed by atoms with Gasteiger partial charge in [-0.3, -0.25) is 0 Å². The van der Waals surface area contributed by atoms with Crippen LogP contribution in [0.1, 0.15) is 46.0 Å². The van der Waals surface area contributed by atoms with Crippen molar-refractivity contribution in [2.45, 2.75) is 62.1 Å². The predicted molar refractivity (Wildman–Crippen MR) is 60.9 cm³/mol. The minimum atomic E-state index is 0.508. The fourth-order valence-corrected chi connectivity index (χ4v) is 2.65. The number of rotatable bonds is 4. The first-order valence-corrected chi connectivity index (χ1v) is 6.28. The molecule has 1 saturated heterocycles. The lowest BCUT2D eigenvalue weighted by Gasteiger charge is -2.17. The lowest BCUT2D eigenvalue weighted by Crippen LogP contribution is -2.20. The minimum Gasteiger partial charge on any atom is -0.374 e. The number of halogens is 1. The second-order valence-electron chi connectivity index (χ2n) is 3.72. The molecule has 0 aromatic rings. The van der Waals surface area contributed by atoms with E-state index < -0.39 is 0 Å². The summed E-state index contributed by atoms with van der Waals surface area (Å²) >= 11 is 2.55. The maximum absolute atomic E-state index is 5.81. The van der Waals surface area contributed by atoms with Crippen LogP contribution in [-0.4, -0.2) is 16.1 Å². The average molecular weight is 282 g/mol. The summed E-state index contributed by atoms with van der Waals surface area (Å²) < 4.78 is 6.56. The smallest absolute Gasteiger partial charge is 0.0697 e. The van der Waals surface area contributed by atoms with Gasteiger partial charge >= 0.3 is 0 Å². The van der Waals surface area contributed by atoms with Gasteiger partial charge in [0.15, 0.2) is 0 Å². The summed E-state index contributed by atoms with van der Waals surface area (Å²) in [5, 5.41) is 0. The van der Waals surface area contributed by atoms with Gasteiger partial charge in [-0.1, -0.05) is 42.4 Å². The highest BCUT2D eigenvalue weighted by Gasteiger charge is 2.27. The van der Waals surface area contributed by atoms with Crippen molar-refractivity contribution in [1.82, 2.24) is 0 Å². The van der Waals surface area contributed by atoms with E-state index >= 15 is 0 Å². The van der Waals surface area contributed by atoms with E-state index in [1.807, 2.05) is 0 Å². The highest BCUT2D eigenvalue weighted by Crippen LogP contribution is 2.28. The van der Waals surface area contributed by atoms with Gasteiger partial charge in [-0.2, -0.15) is 0 Å². The molecule has 3 atom stereocenters. The molecule has 1 fully saturated rings. The Hall–Kier alpha value is 0.690. The fourth-order valence-electron chi connectivity index (χ4n) is 1.68. The predicted octanol–water partition coefficient (Wildman–Crippen LogP) is 3.55. The van der Waals surface area contributed by atoms with Gasteiger partial charge in [0, 0.05) is 3.92 Å². The summed E-state index contributed by atoms with van der Waals surface area (Å²) in [7, 11) is 0. The quantitative estimate of drug-likeness (QED) is 0.566. The summed E-state index contributed by atoms with van der Waals surface area (Å²) in [6, 6.07) is 0. The van der Waals surface area contributed by atoms with Gasteiger partial charge in [-0.05, 0) is 26.2 Å². The summed E-state index contributed by atoms with van der Waals surface area (Å²) in [6.07, 6.45) is 7.58. The summed E-state index contributed by atoms with van der Waals surface area (Å²) in [5.74, 6) is 0. The Balaban J connectivity index is 2.18. The SMILES string of the molecule is CCCC[C@H](I)[C@@H]1CC[C@H](C)O1. The van der Waals surface area contributed by atoms with Crippen molar-refractivity contribution >= 4 is 22.6 Å². The van der Waals surface area contributed by atoms with Crippen molar-refractivity contribution in [3.05, 3.63) is 0 Å². The zero-order valence-electron chi connectivity index (χ0n) is 8.05. The molecule has 0 aliphatic carbocycles. The van der Waals surface area contributed by atoms with Gasteiger partial charge < -0.3 is 4.74 Å². The first-order chi connectivity index (χ1) is 5.74. The molecular formula is C10H19IO. The van der Waals surface area contributed by atoms with Crippen molar-refractivity contribution in [2.24, 2.45) is 0 Å². The van der Waals surface area contributed by atoms with Gasteiger partial charge in [0.05, 0.1) is 12.2 Å². The molecule has 0 radical (unpaired) electrons. The number of unbranched alkanes of at least 4 members (excludes halogenated alkanes) is 1. The van der Waals surface area contributed by atoms with Crippen LogP contribution in [0.3, 0.4) is 0 Å². The molecular weight excluding hydrogens is 263 g/mol. The van der Waals surface area contributed by atoms with Gasteiger partial charge in [0.2, 0.25) is 0 Å². The molecule has 0 aromatic carbocycles. The van der Waals surface area contributed by atoms with E-state index in [0.29, 0.717) is 12.2 Å². The van der Waals surface area contributed by atoms with Gasteiger partial charge in [-0.15, -0.1) is 0 Å². The van der Waals surface area contributed by atoms with Gasteiger partial charge in [0.25, 0.3) is 0 Å². The Morgan fingerprint density at radius 1 is 1.50 bits per heavy atom. The number of ether oxygens (including phenoxy) is 1. The molecule has 0 aromatic heterocycles. The Morgan fingerprint density at radius 2 is 2.25 bits per heavy atom. The third-order valence-electron chi connectivity index (χ3n) is 2.50. The Labute approximate surface area is 89.4 Å². The maximum atomic E-state index is 5.81. The van der Waals surface area contributed by atoms with Crippen LogP contribution in [-0.2, 0) is 4.74 Å². The van der Waals surface area contributed by atoms with Crippen molar-refractivity contribution in [1.29, 1.82) is 0 Å². The summed E-state index contributed by atoms with van der Waals surface area (Å²) in [5.41, 5.74) is 0. The Bertz CT molecular complexity index is 127. The van der Waals surface area contributed by atoms with Crippen molar-refractivity contribution in [3.8, 4) is 0 Å². The molecule has 1 nitrogen and oxygen atoms in total. The molecule has 0 saturated carbocycles. The molecule has 1 heterocycles. The zero-order valence-corrected chi connectivity index (χ0v) is 10.2. The van der Waals surface area contributed by atoms with Crippen LogP contribution in [0.5, 0.6) is 0 Å². The number of alkyl halides is 1. The average Bonchev–Trinajstić information content (AvgIpc) is 2.47. The number of hydrogen-bond acceptors (Lipinski definition) is 1. The van der Waals surface area contributed by atoms with Gasteiger partial charge in [-0.25, -0.2) is 0 Å². The molecule has 0 unspecified atom stereocenters. The molecule has 72 valence electrons. The molecule has 12 heavy (non-hydrogen) atoms. The van der Waals surface area contributed by atoms with Crippen LogP contribution < -0.4 is 0 Å². The highest BCUT2D eigenvalue weighted by atomic mass is 127. The molecule has 1 aliphatic heterocycles. The molecule has 0 bridgehead atoms. The van der Waals surface area contributed by atoms with Crippen LogP contribution in [0.15, 0.2) is 0 Å². The first-order valence-electron chi connectivity index (χ1n) is 5.03. The van der Waals surface area contributed by atoms with E-state index in [4.69, 9.17) is 4.74 Å². The highest BCUT2D eigenvalue weighted by molar-refractivity contribution is 14.1. The molecule has 0 amide bonds. The maximum Gasteiger partial charge on any atom is 0.0697 e. The normalized spacial score (nSPS) is 32.2. The van der Waals surface area contributed by atoms with Crippen LogP contribution in [0, 0.1) is 0 Å².